The largest absolute Gasteiger partial charge is 0.489 e. The standard InChI is InChI=1S/C36H41F3N2O6.C22H18F3NO.C14H25NO6.ClH/c1-34(2,3)46-32(43)17-18-40(33(44)47-35(4,5)6)22-31(42)41-19-16-26-20-28(14-15-30(26)41)45-23-27-13-12-25(21-29(27)36(37,38)39)24-10-8-7-9-11-24;23-22(24,25)20-13-16(15-4-2-1-3-5-15)6-7-18(20)14-27-19-8-9-21-17(12-19)10-11-26-21;1-13(2,3)20-11(18)7-8-15(9-10(16)17)12(19)21-14(4,5)6;/h7-15,20-21H,16-19,22-23H2,1-6H3;1-9,12-13,26H,10-11,14H2;7-9H2,1-6H3,(H,16,17);1H. The zero-order valence-corrected chi connectivity index (χ0v) is 56.9. The number of hydrogen-bond donors (Lipinski definition) is 2. The van der Waals surface area contributed by atoms with Crippen LogP contribution in [0.25, 0.3) is 22.3 Å². The molecular formula is C72H85ClF6N4O13. The SMILES string of the molecule is CC(C)(C)OC(=O)CCN(CC(=O)N1CCc2cc(OCc3ccc(-c4ccccc4)cc3C(F)(F)F)ccc21)C(=O)OC(C)(C)C.CC(C)(C)OC(=O)CCN(CC(=O)O)C(=O)OC(C)(C)C.Cl.FC(F)(F)c1cc(-c2ccccc2)ccc1COc1ccc2c(c1)CCN2. The number of fused-ring (bicyclic) bond motifs is 2. The number of alkyl halides is 6. The van der Waals surface area contributed by atoms with Gasteiger partial charge in [-0.25, -0.2) is 9.59 Å². The molecule has 3 amide bonds. The number of rotatable bonds is 18. The van der Waals surface area contributed by atoms with Crippen LogP contribution in [0.4, 0.5) is 47.3 Å². The highest BCUT2D eigenvalue weighted by atomic mass is 35.5. The zero-order valence-electron chi connectivity index (χ0n) is 56.1. The van der Waals surface area contributed by atoms with Crippen molar-refractivity contribution in [3.05, 3.63) is 167 Å². The minimum Gasteiger partial charge on any atom is -0.489 e. The van der Waals surface area contributed by atoms with Crippen LogP contribution in [0, 0.1) is 0 Å². The van der Waals surface area contributed by atoms with Crippen molar-refractivity contribution in [2.24, 2.45) is 0 Å². The van der Waals surface area contributed by atoms with E-state index in [9.17, 15) is 55.1 Å². The summed E-state index contributed by atoms with van der Waals surface area (Å²) in [5.74, 6) is -1.61. The fourth-order valence-corrected chi connectivity index (χ4v) is 9.75. The first-order chi connectivity index (χ1) is 44.2. The van der Waals surface area contributed by atoms with E-state index in [0.717, 1.165) is 46.3 Å². The van der Waals surface area contributed by atoms with Gasteiger partial charge in [-0.05, 0) is 178 Å². The Morgan fingerprint density at radius 3 is 1.32 bits per heavy atom. The molecule has 17 nitrogen and oxygen atoms in total. The normalized spacial score (nSPS) is 12.7. The molecule has 24 heteroatoms. The number of halogens is 7. The van der Waals surface area contributed by atoms with Crippen LogP contribution < -0.4 is 19.7 Å². The summed E-state index contributed by atoms with van der Waals surface area (Å²) in [5.41, 5.74) is 1.84. The second kappa shape index (κ2) is 33.1. The monoisotopic (exact) mass is 1360 g/mol. The molecule has 0 atom stereocenters. The van der Waals surface area contributed by atoms with Gasteiger partial charge >= 0.3 is 42.4 Å². The fraction of sp³-hybridized carbons (Fsp3) is 0.417. The number of carbonyl (C=O) groups is 6. The molecule has 0 saturated heterocycles. The fourth-order valence-electron chi connectivity index (χ4n) is 9.75. The van der Waals surface area contributed by atoms with E-state index in [-0.39, 0.29) is 75.1 Å². The number of nitrogens with one attached hydrogen (secondary N) is 1. The van der Waals surface area contributed by atoms with Crippen LogP contribution in [0.2, 0.25) is 0 Å². The van der Waals surface area contributed by atoms with E-state index >= 15 is 0 Å². The Morgan fingerprint density at radius 2 is 0.906 bits per heavy atom. The molecule has 0 aliphatic carbocycles. The molecular weight excluding hydrogens is 1280 g/mol. The van der Waals surface area contributed by atoms with Gasteiger partial charge in [-0.1, -0.05) is 84.9 Å². The van der Waals surface area contributed by atoms with Crippen molar-refractivity contribution in [3.63, 3.8) is 0 Å². The molecule has 2 aliphatic rings. The van der Waals surface area contributed by atoms with Crippen molar-refractivity contribution in [1.29, 1.82) is 0 Å². The first kappa shape index (κ1) is 77.7. The summed E-state index contributed by atoms with van der Waals surface area (Å²) in [6, 6.07) is 37.1. The molecule has 0 radical (unpaired) electrons. The van der Waals surface area contributed by atoms with Crippen molar-refractivity contribution in [3.8, 4) is 33.8 Å². The first-order valence-corrected chi connectivity index (χ1v) is 30.9. The lowest BCUT2D eigenvalue weighted by Gasteiger charge is -2.29. The van der Waals surface area contributed by atoms with Crippen molar-refractivity contribution < 1.29 is 88.6 Å². The summed E-state index contributed by atoms with van der Waals surface area (Å²) in [4.78, 5) is 76.7. The third-order valence-electron chi connectivity index (χ3n) is 13.8. The van der Waals surface area contributed by atoms with E-state index in [1.807, 2.05) is 30.3 Å². The number of hydrogen-bond acceptors (Lipinski definition) is 13. The molecule has 8 rings (SSSR count). The Bertz CT molecular complexity index is 3640. The molecule has 2 aliphatic heterocycles. The number of ether oxygens (including phenoxy) is 6. The van der Waals surface area contributed by atoms with Gasteiger partial charge in [-0.15, -0.1) is 12.4 Å². The predicted octanol–water partition coefficient (Wildman–Crippen LogP) is 16.2. The summed E-state index contributed by atoms with van der Waals surface area (Å²) in [6.07, 6.45) is -9.33. The molecule has 6 aromatic rings. The van der Waals surface area contributed by atoms with Gasteiger partial charge in [0.15, 0.2) is 0 Å². The van der Waals surface area contributed by atoms with Crippen LogP contribution in [0.5, 0.6) is 11.5 Å². The van der Waals surface area contributed by atoms with E-state index in [0.29, 0.717) is 46.8 Å². The summed E-state index contributed by atoms with van der Waals surface area (Å²) in [5, 5.41) is 12.1. The van der Waals surface area contributed by atoms with Crippen molar-refractivity contribution in [2.45, 2.75) is 157 Å². The van der Waals surface area contributed by atoms with Crippen LogP contribution in [-0.2, 0) is 76.5 Å². The molecule has 2 heterocycles. The molecule has 0 saturated carbocycles. The van der Waals surface area contributed by atoms with E-state index in [4.69, 9.17) is 33.5 Å². The first-order valence-electron chi connectivity index (χ1n) is 30.9. The van der Waals surface area contributed by atoms with Gasteiger partial charge in [-0.3, -0.25) is 29.0 Å². The lowest BCUT2D eigenvalue weighted by molar-refractivity contribution is -0.156. The lowest BCUT2D eigenvalue weighted by atomic mass is 9.99. The number of benzene rings is 6. The predicted molar refractivity (Wildman–Crippen MR) is 355 cm³/mol. The van der Waals surface area contributed by atoms with E-state index < -0.39 is 82.5 Å². The average Bonchev–Trinajstić information content (AvgIpc) is 1.17. The van der Waals surface area contributed by atoms with Crippen LogP contribution in [0.3, 0.4) is 0 Å². The molecule has 6 aromatic carbocycles. The number of amides is 3. The van der Waals surface area contributed by atoms with Crippen LogP contribution in [-0.4, -0.2) is 113 Å². The molecule has 0 bridgehead atoms. The smallest absolute Gasteiger partial charge is 0.416 e. The summed E-state index contributed by atoms with van der Waals surface area (Å²) >= 11 is 0. The molecule has 0 unspecified atom stereocenters. The summed E-state index contributed by atoms with van der Waals surface area (Å²) in [7, 11) is 0. The maximum atomic E-state index is 14.0. The number of nitrogens with zero attached hydrogens (tertiary/aromatic N) is 3. The number of esters is 2. The van der Waals surface area contributed by atoms with Crippen LogP contribution in [0.1, 0.15) is 129 Å². The minimum absolute atomic E-state index is 0. The van der Waals surface area contributed by atoms with Crippen LogP contribution in [0.15, 0.2) is 133 Å². The number of carboxylic acids is 1. The van der Waals surface area contributed by atoms with Crippen molar-refractivity contribution in [1.82, 2.24) is 9.80 Å². The Morgan fingerprint density at radius 1 is 0.490 bits per heavy atom. The molecule has 0 spiro atoms. The summed E-state index contributed by atoms with van der Waals surface area (Å²) < 4.78 is 115. The maximum absolute atomic E-state index is 14.0. The van der Waals surface area contributed by atoms with E-state index in [1.54, 1.807) is 162 Å². The van der Waals surface area contributed by atoms with Crippen molar-refractivity contribution in [2.75, 3.05) is 49.5 Å². The highest BCUT2D eigenvalue weighted by molar-refractivity contribution is 5.98. The molecule has 2 N–H and O–H groups in total. The Labute approximate surface area is 562 Å². The van der Waals surface area contributed by atoms with Crippen LogP contribution >= 0.6 is 12.4 Å². The maximum Gasteiger partial charge on any atom is 0.416 e. The molecule has 520 valence electrons. The Kier molecular flexibility index (Phi) is 26.8. The van der Waals surface area contributed by atoms with Gasteiger partial charge in [0.1, 0.15) is 60.2 Å². The minimum atomic E-state index is -4.57. The molecule has 0 fully saturated rings. The topological polar surface area (TPSA) is 200 Å². The quantitative estimate of drug-likeness (QED) is 0.0468. The average molecular weight is 1360 g/mol. The van der Waals surface area contributed by atoms with Gasteiger partial charge in [0.25, 0.3) is 0 Å². The Hall–Kier alpha value is -8.99. The van der Waals surface area contributed by atoms with Gasteiger partial charge in [0.05, 0.1) is 24.0 Å². The highest BCUT2D eigenvalue weighted by Gasteiger charge is 2.36. The third kappa shape index (κ3) is 25.3. The number of carboxylic acid groups (broad SMARTS) is 1. The lowest BCUT2D eigenvalue weighted by Crippen LogP contribution is -2.45. The Balaban J connectivity index is 0.000000287. The van der Waals surface area contributed by atoms with Gasteiger partial charge in [0.2, 0.25) is 5.91 Å². The zero-order chi connectivity index (χ0) is 70.3. The van der Waals surface area contributed by atoms with E-state index in [1.165, 1.54) is 28.0 Å². The molecule has 0 aromatic heterocycles. The highest BCUT2D eigenvalue weighted by Crippen LogP contribution is 2.39. The second-order valence-electron chi connectivity index (χ2n) is 26.5. The number of carbonyl (C=O) groups excluding carboxylic acids is 5. The second-order valence-corrected chi connectivity index (χ2v) is 26.5. The summed E-state index contributed by atoms with van der Waals surface area (Å²) in [6.45, 7) is 20.3. The molecule has 96 heavy (non-hydrogen) atoms. The number of anilines is 2. The van der Waals surface area contributed by atoms with Crippen molar-refractivity contribution >= 4 is 59.8 Å². The van der Waals surface area contributed by atoms with E-state index in [2.05, 4.69) is 5.32 Å². The van der Waals surface area contributed by atoms with Gasteiger partial charge in [0, 0.05) is 48.7 Å². The number of aliphatic carboxylic acids is 1. The van der Waals surface area contributed by atoms with Gasteiger partial charge in [-0.2, -0.15) is 26.3 Å². The van der Waals surface area contributed by atoms with Gasteiger partial charge < -0.3 is 43.7 Å². The third-order valence-corrected chi connectivity index (χ3v) is 13.8.